The minimum absolute atomic E-state index is 0.284. The first-order chi connectivity index (χ1) is 8.20. The summed E-state index contributed by atoms with van der Waals surface area (Å²) in [5.41, 5.74) is 0.284. The highest BCUT2D eigenvalue weighted by atomic mass is 16.2. The van der Waals surface area contributed by atoms with Crippen LogP contribution in [0.2, 0.25) is 0 Å². The molecule has 2 aliphatic rings. The van der Waals surface area contributed by atoms with Crippen molar-refractivity contribution in [3.8, 4) is 0 Å². The number of fused-ring (bicyclic) bond motifs is 1. The molecule has 6 nitrogen and oxygen atoms in total. The van der Waals surface area contributed by atoms with Crippen LogP contribution in [0, 0.1) is 0 Å². The van der Waals surface area contributed by atoms with Crippen LogP contribution >= 0.6 is 0 Å². The molecular formula is C11H15N4O2+. The summed E-state index contributed by atoms with van der Waals surface area (Å²) in [4.78, 5) is 33.3. The van der Waals surface area contributed by atoms with Crippen molar-refractivity contribution in [3.63, 3.8) is 0 Å². The van der Waals surface area contributed by atoms with E-state index in [1.807, 2.05) is 13.8 Å². The number of urea groups is 1. The Morgan fingerprint density at radius 1 is 1.29 bits per heavy atom. The molecule has 0 N–H and O–H groups in total. The zero-order valence-corrected chi connectivity index (χ0v) is 10.0. The zero-order chi connectivity index (χ0) is 12.4. The van der Waals surface area contributed by atoms with Gasteiger partial charge in [0.05, 0.1) is 13.1 Å². The molecule has 2 heterocycles. The monoisotopic (exact) mass is 235 g/mol. The number of carbonyl (C=O) groups excluding carboxylic acids is 2. The molecule has 90 valence electrons. The Hall–Kier alpha value is -1.85. The highest BCUT2D eigenvalue weighted by Crippen LogP contribution is 2.11. The summed E-state index contributed by atoms with van der Waals surface area (Å²) in [6, 6.07) is -0.285. The Balaban J connectivity index is 2.44. The lowest BCUT2D eigenvalue weighted by Gasteiger charge is -2.21. The second kappa shape index (κ2) is 4.57. The van der Waals surface area contributed by atoms with E-state index in [2.05, 4.69) is 9.98 Å². The topological polar surface area (TPSA) is 65.1 Å². The Labute approximate surface area is 99.4 Å². The summed E-state index contributed by atoms with van der Waals surface area (Å²) in [6.45, 7) is 4.88. The number of rotatable bonds is 4. The number of amidine groups is 1. The van der Waals surface area contributed by atoms with E-state index >= 15 is 0 Å². The lowest BCUT2D eigenvalue weighted by molar-refractivity contribution is -0.435. The number of amides is 3. The van der Waals surface area contributed by atoms with E-state index in [4.69, 9.17) is 0 Å². The van der Waals surface area contributed by atoms with Crippen molar-refractivity contribution < 1.29 is 14.2 Å². The van der Waals surface area contributed by atoms with Gasteiger partial charge in [-0.3, -0.25) is 0 Å². The van der Waals surface area contributed by atoms with Gasteiger partial charge >= 0.3 is 17.8 Å². The van der Waals surface area contributed by atoms with Crippen LogP contribution in [0.3, 0.4) is 0 Å². The molecule has 17 heavy (non-hydrogen) atoms. The zero-order valence-electron chi connectivity index (χ0n) is 10.0. The average molecular weight is 235 g/mol. The molecule has 0 aliphatic carbocycles. The predicted molar refractivity (Wildman–Crippen MR) is 63.8 cm³/mol. The average Bonchev–Trinajstić information content (AvgIpc) is 2.79. The van der Waals surface area contributed by atoms with Crippen LogP contribution in [0.5, 0.6) is 0 Å². The number of nitrogens with zero attached hydrogens (tertiary/aromatic N) is 4. The minimum Gasteiger partial charge on any atom is -0.248 e. The van der Waals surface area contributed by atoms with Gasteiger partial charge in [0.2, 0.25) is 5.71 Å². The van der Waals surface area contributed by atoms with E-state index in [9.17, 15) is 9.59 Å². The molecule has 0 spiro atoms. The summed E-state index contributed by atoms with van der Waals surface area (Å²) in [5, 5.41) is 0. The van der Waals surface area contributed by atoms with Crippen LogP contribution in [-0.4, -0.2) is 52.4 Å². The van der Waals surface area contributed by atoms with Crippen LogP contribution < -0.4 is 0 Å². The second-order valence-corrected chi connectivity index (χ2v) is 3.94. The van der Waals surface area contributed by atoms with Gasteiger partial charge in [-0.05, 0) is 12.8 Å². The molecule has 0 atom stereocenters. The van der Waals surface area contributed by atoms with E-state index in [0.29, 0.717) is 18.9 Å². The minimum atomic E-state index is -0.336. The molecule has 0 fully saturated rings. The summed E-state index contributed by atoms with van der Waals surface area (Å²) < 4.78 is 1.53. The molecule has 3 amide bonds. The number of imide groups is 1. The first-order valence-electron chi connectivity index (χ1n) is 5.81. The third kappa shape index (κ3) is 1.79. The molecule has 6 heteroatoms. The quantitative estimate of drug-likeness (QED) is 0.672. The predicted octanol–water partition coefficient (Wildman–Crippen LogP) is 0.662. The fourth-order valence-corrected chi connectivity index (χ4v) is 1.91. The van der Waals surface area contributed by atoms with E-state index < -0.39 is 0 Å². The number of aliphatic imine (C=N–C) groups is 2. The Morgan fingerprint density at radius 2 is 2.06 bits per heavy atom. The van der Waals surface area contributed by atoms with Crippen LogP contribution in [0.15, 0.2) is 9.98 Å². The Kier molecular flexibility index (Phi) is 3.12. The maximum atomic E-state index is 12.1. The summed E-state index contributed by atoms with van der Waals surface area (Å²) in [7, 11) is 0. The molecule has 2 rings (SSSR count). The fraction of sp³-hybridized carbons (Fsp3) is 0.545. The molecule has 0 aromatic heterocycles. The third-order valence-electron chi connectivity index (χ3n) is 2.64. The lowest BCUT2D eigenvalue weighted by Crippen LogP contribution is -2.54. The first kappa shape index (κ1) is 11.6. The normalized spacial score (nSPS) is 18.9. The molecule has 0 saturated heterocycles. The van der Waals surface area contributed by atoms with Crippen molar-refractivity contribution in [2.24, 2.45) is 9.98 Å². The van der Waals surface area contributed by atoms with Gasteiger partial charge in [-0.15, -0.1) is 0 Å². The van der Waals surface area contributed by atoms with Gasteiger partial charge in [0.1, 0.15) is 0 Å². The molecular weight excluding hydrogens is 220 g/mol. The van der Waals surface area contributed by atoms with Crippen LogP contribution in [0.4, 0.5) is 4.79 Å². The molecule has 0 unspecified atom stereocenters. The van der Waals surface area contributed by atoms with Crippen molar-refractivity contribution >= 4 is 29.8 Å². The van der Waals surface area contributed by atoms with Gasteiger partial charge in [0, 0.05) is 0 Å². The van der Waals surface area contributed by atoms with Crippen molar-refractivity contribution in [3.05, 3.63) is 0 Å². The maximum Gasteiger partial charge on any atom is 0.446 e. The highest BCUT2D eigenvalue weighted by molar-refractivity contribution is 6.69. The standard InChI is InChI=1S/C11H15N4O2/c1-3-5-14-9-8(12-7-13-9)10(16)15(6-4-2)11(14)17/h7H,3-6H2,1-2H3/q+1. The third-order valence-corrected chi connectivity index (χ3v) is 2.64. The van der Waals surface area contributed by atoms with Gasteiger partial charge in [-0.1, -0.05) is 18.8 Å². The first-order valence-corrected chi connectivity index (χ1v) is 5.81. The van der Waals surface area contributed by atoms with E-state index in [-0.39, 0.29) is 17.6 Å². The largest absolute Gasteiger partial charge is 0.446 e. The molecule has 0 saturated carbocycles. The van der Waals surface area contributed by atoms with Gasteiger partial charge < -0.3 is 0 Å². The van der Waals surface area contributed by atoms with E-state index in [0.717, 1.165) is 12.8 Å². The maximum absolute atomic E-state index is 12.1. The SMILES string of the molecule is CCCN1C(=O)C2=NC=NC2=[N+](CCC)C1=O. The van der Waals surface area contributed by atoms with Gasteiger partial charge in [0.15, 0.2) is 6.34 Å². The van der Waals surface area contributed by atoms with Gasteiger partial charge in [-0.2, -0.15) is 9.48 Å². The summed E-state index contributed by atoms with van der Waals surface area (Å²) >= 11 is 0. The lowest BCUT2D eigenvalue weighted by atomic mass is 10.2. The Morgan fingerprint density at radius 3 is 2.71 bits per heavy atom. The van der Waals surface area contributed by atoms with Crippen LogP contribution in [0.1, 0.15) is 26.7 Å². The van der Waals surface area contributed by atoms with Crippen molar-refractivity contribution in [1.29, 1.82) is 0 Å². The van der Waals surface area contributed by atoms with Crippen molar-refractivity contribution in [2.45, 2.75) is 26.7 Å². The smallest absolute Gasteiger partial charge is 0.248 e. The molecule has 0 radical (unpaired) electrons. The van der Waals surface area contributed by atoms with Crippen LogP contribution in [-0.2, 0) is 4.79 Å². The second-order valence-electron chi connectivity index (χ2n) is 3.94. The molecule has 0 bridgehead atoms. The molecule has 2 aliphatic heterocycles. The molecule has 0 aromatic rings. The van der Waals surface area contributed by atoms with Gasteiger partial charge in [-0.25, -0.2) is 14.6 Å². The summed E-state index contributed by atoms with van der Waals surface area (Å²) in [5.74, 6) is 0.0610. The number of hydrogen-bond donors (Lipinski definition) is 0. The fourth-order valence-electron chi connectivity index (χ4n) is 1.91. The number of hydrogen-bond acceptors (Lipinski definition) is 4. The number of carbonyl (C=O) groups is 2. The van der Waals surface area contributed by atoms with E-state index in [1.54, 1.807) is 0 Å². The summed E-state index contributed by atoms with van der Waals surface area (Å²) in [6.07, 6.45) is 2.88. The van der Waals surface area contributed by atoms with Crippen molar-refractivity contribution in [2.75, 3.05) is 13.1 Å². The van der Waals surface area contributed by atoms with E-state index in [1.165, 1.54) is 15.8 Å². The van der Waals surface area contributed by atoms with Crippen molar-refractivity contribution in [1.82, 2.24) is 4.90 Å². The van der Waals surface area contributed by atoms with Crippen LogP contribution in [0.25, 0.3) is 0 Å². The Bertz CT molecular complexity index is 462. The highest BCUT2D eigenvalue weighted by Gasteiger charge is 2.45. The molecule has 0 aromatic carbocycles. The van der Waals surface area contributed by atoms with Gasteiger partial charge in [0.25, 0.3) is 0 Å².